The van der Waals surface area contributed by atoms with Crippen molar-refractivity contribution in [2.45, 2.75) is 38.8 Å². The van der Waals surface area contributed by atoms with Crippen molar-refractivity contribution >= 4 is 0 Å². The van der Waals surface area contributed by atoms with Gasteiger partial charge in [0.2, 0.25) is 0 Å². The lowest BCUT2D eigenvalue weighted by Crippen LogP contribution is -2.45. The zero-order valence-corrected chi connectivity index (χ0v) is 11.1. The molecule has 2 N–H and O–H groups in total. The zero-order valence-electron chi connectivity index (χ0n) is 11.1. The van der Waals surface area contributed by atoms with Crippen LogP contribution in [-0.4, -0.2) is 33.8 Å². The first kappa shape index (κ1) is 12.6. The maximum atomic E-state index is 6.25. The van der Waals surface area contributed by atoms with Crippen molar-refractivity contribution in [3.05, 3.63) is 18.0 Å². The molecule has 17 heavy (non-hydrogen) atoms. The second-order valence-electron chi connectivity index (χ2n) is 5.41. The number of aromatic nitrogens is 2. The molecule has 4 nitrogen and oxygen atoms in total. The van der Waals surface area contributed by atoms with Crippen molar-refractivity contribution in [2.24, 2.45) is 18.7 Å². The first-order chi connectivity index (χ1) is 8.08. The lowest BCUT2D eigenvalue weighted by atomic mass is 9.91. The zero-order chi connectivity index (χ0) is 12.4. The summed E-state index contributed by atoms with van der Waals surface area (Å²) in [5.74, 6) is 0.782. The third kappa shape index (κ3) is 2.87. The summed E-state index contributed by atoms with van der Waals surface area (Å²) in [7, 11) is 1.93. The first-order valence-electron chi connectivity index (χ1n) is 6.56. The molecule has 4 heteroatoms. The van der Waals surface area contributed by atoms with E-state index in [1.807, 2.05) is 24.1 Å². The number of aryl methyl sites for hydroxylation is 1. The van der Waals surface area contributed by atoms with E-state index in [2.05, 4.69) is 23.8 Å². The number of likely N-dealkylation sites (tertiary alicyclic amines) is 1. The van der Waals surface area contributed by atoms with Gasteiger partial charge in [0.1, 0.15) is 0 Å². The average Bonchev–Trinajstić information content (AvgIpc) is 2.72. The number of nitrogens with zero attached hydrogens (tertiary/aromatic N) is 3. The van der Waals surface area contributed by atoms with Gasteiger partial charge >= 0.3 is 0 Å². The summed E-state index contributed by atoms with van der Waals surface area (Å²) in [6.07, 6.45) is 6.54. The minimum Gasteiger partial charge on any atom is -0.323 e. The number of rotatable bonds is 3. The molecule has 0 bridgehead atoms. The van der Waals surface area contributed by atoms with E-state index in [1.54, 1.807) is 0 Å². The van der Waals surface area contributed by atoms with Crippen LogP contribution in [0.3, 0.4) is 0 Å². The molecule has 1 aromatic rings. The normalized spacial score (nSPS) is 28.2. The lowest BCUT2D eigenvalue weighted by Gasteiger charge is -2.39. The van der Waals surface area contributed by atoms with E-state index in [4.69, 9.17) is 5.73 Å². The summed E-state index contributed by atoms with van der Waals surface area (Å²) in [5.41, 5.74) is 7.39. The number of piperidine rings is 1. The topological polar surface area (TPSA) is 47.1 Å². The fourth-order valence-corrected chi connectivity index (χ4v) is 2.67. The van der Waals surface area contributed by atoms with Crippen LogP contribution in [0.25, 0.3) is 0 Å². The summed E-state index contributed by atoms with van der Waals surface area (Å²) in [6.45, 7) is 6.78. The van der Waals surface area contributed by atoms with Crippen molar-refractivity contribution in [3.63, 3.8) is 0 Å². The SMILES string of the molecule is CC1CCCN(CC(N)c2cnn(C)c2)C1C. The molecule has 3 unspecified atom stereocenters. The van der Waals surface area contributed by atoms with Gasteiger partial charge in [-0.05, 0) is 32.2 Å². The Morgan fingerprint density at radius 3 is 2.94 bits per heavy atom. The van der Waals surface area contributed by atoms with E-state index in [0.717, 1.165) is 18.0 Å². The highest BCUT2D eigenvalue weighted by Crippen LogP contribution is 2.24. The van der Waals surface area contributed by atoms with Gasteiger partial charge in [-0.1, -0.05) is 6.92 Å². The van der Waals surface area contributed by atoms with Gasteiger partial charge in [-0.2, -0.15) is 5.10 Å². The van der Waals surface area contributed by atoms with Crippen molar-refractivity contribution in [1.82, 2.24) is 14.7 Å². The van der Waals surface area contributed by atoms with Gasteiger partial charge in [-0.25, -0.2) is 0 Å². The first-order valence-corrected chi connectivity index (χ1v) is 6.56. The highest BCUT2D eigenvalue weighted by Gasteiger charge is 2.26. The maximum Gasteiger partial charge on any atom is 0.0537 e. The molecule has 0 radical (unpaired) electrons. The molecule has 96 valence electrons. The van der Waals surface area contributed by atoms with E-state index in [-0.39, 0.29) is 6.04 Å². The van der Waals surface area contributed by atoms with Crippen LogP contribution in [0.4, 0.5) is 0 Å². The molecule has 1 aliphatic rings. The maximum absolute atomic E-state index is 6.25. The Balaban J connectivity index is 1.96. The van der Waals surface area contributed by atoms with Crippen LogP contribution in [0.15, 0.2) is 12.4 Å². The Morgan fingerprint density at radius 2 is 2.29 bits per heavy atom. The van der Waals surface area contributed by atoms with Crippen LogP contribution in [0.5, 0.6) is 0 Å². The van der Waals surface area contributed by atoms with Crippen LogP contribution in [0.1, 0.15) is 38.3 Å². The smallest absolute Gasteiger partial charge is 0.0537 e. The van der Waals surface area contributed by atoms with Gasteiger partial charge in [0, 0.05) is 37.4 Å². The number of hydrogen-bond acceptors (Lipinski definition) is 3. The Morgan fingerprint density at radius 1 is 1.53 bits per heavy atom. The van der Waals surface area contributed by atoms with E-state index in [1.165, 1.54) is 19.4 Å². The molecular formula is C13H24N4. The summed E-state index contributed by atoms with van der Waals surface area (Å²) in [6, 6.07) is 0.725. The van der Waals surface area contributed by atoms with E-state index in [0.29, 0.717) is 6.04 Å². The standard InChI is InChI=1S/C13H24N4/c1-10-5-4-6-17(11(10)2)9-13(14)12-7-15-16(3)8-12/h7-8,10-11,13H,4-6,9,14H2,1-3H3. The van der Waals surface area contributed by atoms with Gasteiger partial charge in [-0.3, -0.25) is 9.58 Å². The predicted molar refractivity (Wildman–Crippen MR) is 69.6 cm³/mol. The molecule has 0 aliphatic carbocycles. The second kappa shape index (κ2) is 5.19. The van der Waals surface area contributed by atoms with E-state index >= 15 is 0 Å². The van der Waals surface area contributed by atoms with Gasteiger partial charge in [0.15, 0.2) is 0 Å². The number of nitrogens with two attached hydrogens (primary N) is 1. The van der Waals surface area contributed by atoms with Crippen molar-refractivity contribution in [1.29, 1.82) is 0 Å². The Bertz CT molecular complexity index is 360. The molecule has 2 heterocycles. The van der Waals surface area contributed by atoms with E-state index in [9.17, 15) is 0 Å². The van der Waals surface area contributed by atoms with Crippen molar-refractivity contribution in [3.8, 4) is 0 Å². The minimum atomic E-state index is 0.0800. The van der Waals surface area contributed by atoms with Crippen molar-refractivity contribution < 1.29 is 0 Å². The van der Waals surface area contributed by atoms with Gasteiger partial charge < -0.3 is 5.73 Å². The molecule has 1 saturated heterocycles. The van der Waals surface area contributed by atoms with Gasteiger partial charge in [0.05, 0.1) is 6.20 Å². The summed E-state index contributed by atoms with van der Waals surface area (Å²) < 4.78 is 1.82. The van der Waals surface area contributed by atoms with Crippen LogP contribution in [0.2, 0.25) is 0 Å². The molecule has 1 aromatic heterocycles. The van der Waals surface area contributed by atoms with Crippen LogP contribution >= 0.6 is 0 Å². The summed E-state index contributed by atoms with van der Waals surface area (Å²) in [5, 5.41) is 4.18. The molecule has 0 saturated carbocycles. The van der Waals surface area contributed by atoms with E-state index < -0.39 is 0 Å². The number of hydrogen-bond donors (Lipinski definition) is 1. The summed E-state index contributed by atoms with van der Waals surface area (Å²) in [4.78, 5) is 2.52. The third-order valence-corrected chi connectivity index (χ3v) is 4.09. The molecule has 3 atom stereocenters. The van der Waals surface area contributed by atoms with Crippen molar-refractivity contribution in [2.75, 3.05) is 13.1 Å². The lowest BCUT2D eigenvalue weighted by molar-refractivity contribution is 0.107. The van der Waals surface area contributed by atoms with Crippen LogP contribution in [0, 0.1) is 5.92 Å². The molecule has 1 fully saturated rings. The molecular weight excluding hydrogens is 212 g/mol. The predicted octanol–water partition coefficient (Wildman–Crippen LogP) is 1.54. The second-order valence-corrected chi connectivity index (χ2v) is 5.41. The fourth-order valence-electron chi connectivity index (χ4n) is 2.67. The molecule has 0 spiro atoms. The fraction of sp³-hybridized carbons (Fsp3) is 0.769. The average molecular weight is 236 g/mol. The molecule has 0 amide bonds. The van der Waals surface area contributed by atoms with Gasteiger partial charge in [-0.15, -0.1) is 0 Å². The molecule has 0 aromatic carbocycles. The van der Waals surface area contributed by atoms with Crippen LogP contribution < -0.4 is 5.73 Å². The molecule has 1 aliphatic heterocycles. The largest absolute Gasteiger partial charge is 0.323 e. The van der Waals surface area contributed by atoms with Crippen LogP contribution in [-0.2, 0) is 7.05 Å². The monoisotopic (exact) mass is 236 g/mol. The highest BCUT2D eigenvalue weighted by atomic mass is 15.2. The third-order valence-electron chi connectivity index (χ3n) is 4.09. The Labute approximate surface area is 104 Å². The summed E-state index contributed by atoms with van der Waals surface area (Å²) >= 11 is 0. The molecule has 2 rings (SSSR count). The quantitative estimate of drug-likeness (QED) is 0.866. The Hall–Kier alpha value is -0.870. The highest BCUT2D eigenvalue weighted by molar-refractivity contribution is 5.10. The Kier molecular flexibility index (Phi) is 3.84. The minimum absolute atomic E-state index is 0.0800. The van der Waals surface area contributed by atoms with Gasteiger partial charge in [0.25, 0.3) is 0 Å².